The highest BCUT2D eigenvalue weighted by atomic mass is 28.4. The Morgan fingerprint density at radius 1 is 0.714 bits per heavy atom. The summed E-state index contributed by atoms with van der Waals surface area (Å²) >= 11 is 0. The van der Waals surface area contributed by atoms with Gasteiger partial charge < -0.3 is 17.7 Å². The van der Waals surface area contributed by atoms with Gasteiger partial charge in [0.1, 0.15) is 0 Å². The van der Waals surface area contributed by atoms with E-state index in [1.165, 1.54) is 0 Å². The predicted octanol–water partition coefficient (Wildman–Crippen LogP) is 1.96. The molecule has 0 aromatic heterocycles. The van der Waals surface area contributed by atoms with Crippen molar-refractivity contribution in [1.82, 2.24) is 0 Å². The predicted molar refractivity (Wildman–Crippen MR) is 56.9 cm³/mol. The summed E-state index contributed by atoms with van der Waals surface area (Å²) in [6, 6.07) is 0. The molecule has 4 nitrogen and oxygen atoms in total. The molecule has 0 bridgehead atoms. The molecule has 0 saturated heterocycles. The smallest absolute Gasteiger partial charge is 0.351 e. The van der Waals surface area contributed by atoms with Crippen molar-refractivity contribution >= 4 is 9.05 Å². The summed E-state index contributed by atoms with van der Waals surface area (Å²) in [5, 5.41) is 0. The molecular weight excluding hydrogens is 200 g/mol. The Labute approximate surface area is 88.0 Å². The first kappa shape index (κ1) is 14.1. The lowest BCUT2D eigenvalue weighted by Gasteiger charge is -2.26. The first-order valence-electron chi connectivity index (χ1n) is 5.30. The normalized spacial score (nSPS) is 12.0. The van der Waals surface area contributed by atoms with Crippen LogP contribution in [0.4, 0.5) is 0 Å². The molecule has 5 heteroatoms. The van der Waals surface area contributed by atoms with Gasteiger partial charge in [0.05, 0.1) is 0 Å². The fourth-order valence-corrected chi connectivity index (χ4v) is 3.02. The second kappa shape index (κ2) is 8.37. The first-order chi connectivity index (χ1) is 6.74. The van der Waals surface area contributed by atoms with Crippen molar-refractivity contribution < 1.29 is 17.7 Å². The molecule has 0 atom stereocenters. The van der Waals surface area contributed by atoms with Gasteiger partial charge in [-0.2, -0.15) is 0 Å². The minimum atomic E-state index is -2.82. The monoisotopic (exact) mass is 222 g/mol. The Morgan fingerprint density at radius 2 is 1.14 bits per heavy atom. The van der Waals surface area contributed by atoms with Gasteiger partial charge in [-0.15, -0.1) is 0 Å². The Bertz CT molecular complexity index is 115. The van der Waals surface area contributed by atoms with Crippen molar-refractivity contribution in [3.8, 4) is 0 Å². The Hall–Kier alpha value is 0.0569. The minimum absolute atomic E-state index is 0.552. The molecule has 0 aromatic carbocycles. The van der Waals surface area contributed by atoms with Crippen LogP contribution in [-0.4, -0.2) is 35.5 Å². The summed E-state index contributed by atoms with van der Waals surface area (Å²) in [6.07, 6.45) is 0.933. The molecule has 0 heterocycles. The van der Waals surface area contributed by atoms with Gasteiger partial charge in [0.25, 0.3) is 0 Å². The van der Waals surface area contributed by atoms with Gasteiger partial charge in [0.2, 0.25) is 0 Å². The lowest BCUT2D eigenvalue weighted by molar-refractivity contribution is -0.0272. The van der Waals surface area contributed by atoms with Crippen LogP contribution in [0.15, 0.2) is 0 Å². The van der Waals surface area contributed by atoms with E-state index in [1.807, 2.05) is 27.7 Å². The molecular formula is C9H22O4Si. The number of hydrogen-bond donors (Lipinski definition) is 0. The Morgan fingerprint density at radius 3 is 1.43 bits per heavy atom. The summed E-state index contributed by atoms with van der Waals surface area (Å²) in [5.41, 5.74) is 0. The van der Waals surface area contributed by atoms with Crippen LogP contribution in [0.2, 0.25) is 0 Å². The summed E-state index contributed by atoms with van der Waals surface area (Å²) in [6.45, 7) is 10.1. The second-order valence-corrected chi connectivity index (χ2v) is 4.80. The summed E-state index contributed by atoms with van der Waals surface area (Å²) in [7, 11) is -2.82. The maximum absolute atomic E-state index is 5.57. The molecule has 0 rings (SSSR count). The molecule has 0 unspecified atom stereocenters. The van der Waals surface area contributed by atoms with Crippen LogP contribution in [0.1, 0.15) is 34.1 Å². The first-order valence-corrected chi connectivity index (χ1v) is 6.93. The quantitative estimate of drug-likeness (QED) is 0.559. The van der Waals surface area contributed by atoms with Crippen LogP contribution in [0.25, 0.3) is 0 Å². The van der Waals surface area contributed by atoms with Crippen molar-refractivity contribution in [1.29, 1.82) is 0 Å². The maximum Gasteiger partial charge on any atom is 0.679 e. The molecule has 14 heavy (non-hydrogen) atoms. The minimum Gasteiger partial charge on any atom is -0.351 e. The molecule has 0 fully saturated rings. The van der Waals surface area contributed by atoms with E-state index in [2.05, 4.69) is 0 Å². The molecule has 0 N–H and O–H groups in total. The zero-order chi connectivity index (χ0) is 10.9. The van der Waals surface area contributed by atoms with Gasteiger partial charge in [-0.1, -0.05) is 6.92 Å². The van der Waals surface area contributed by atoms with E-state index in [9.17, 15) is 0 Å². The zero-order valence-corrected chi connectivity index (χ0v) is 10.7. The maximum atomic E-state index is 5.57. The van der Waals surface area contributed by atoms with E-state index in [0.717, 1.165) is 6.42 Å². The number of hydrogen-bond acceptors (Lipinski definition) is 4. The van der Waals surface area contributed by atoms with E-state index in [4.69, 9.17) is 17.7 Å². The van der Waals surface area contributed by atoms with Crippen LogP contribution >= 0.6 is 0 Å². The Balaban J connectivity index is 4.21. The van der Waals surface area contributed by atoms with Gasteiger partial charge in [-0.05, 0) is 27.2 Å². The van der Waals surface area contributed by atoms with Gasteiger partial charge in [-0.3, -0.25) is 0 Å². The fraction of sp³-hybridized carbons (Fsp3) is 1.00. The van der Waals surface area contributed by atoms with E-state index in [0.29, 0.717) is 26.4 Å². The van der Waals surface area contributed by atoms with E-state index in [-0.39, 0.29) is 0 Å². The zero-order valence-electron chi connectivity index (χ0n) is 9.67. The van der Waals surface area contributed by atoms with Crippen LogP contribution < -0.4 is 0 Å². The van der Waals surface area contributed by atoms with Crippen molar-refractivity contribution in [3.05, 3.63) is 0 Å². The van der Waals surface area contributed by atoms with Gasteiger partial charge in [0, 0.05) is 26.4 Å². The summed E-state index contributed by atoms with van der Waals surface area (Å²) in [4.78, 5) is 0. The number of rotatable bonds is 9. The highest BCUT2D eigenvalue weighted by Gasteiger charge is 2.44. The van der Waals surface area contributed by atoms with Crippen molar-refractivity contribution in [2.45, 2.75) is 34.1 Å². The standard InChI is InChI=1S/C9H22O4Si/c1-5-9-13-14(10-6-2,11-7-3)12-8-4/h5-9H2,1-4H3. The Kier molecular flexibility index (Phi) is 8.41. The van der Waals surface area contributed by atoms with Crippen LogP contribution in [0.3, 0.4) is 0 Å². The SMILES string of the molecule is CCCO[Si](OCC)(OCC)OCC. The van der Waals surface area contributed by atoms with E-state index in [1.54, 1.807) is 0 Å². The molecule has 0 saturated carbocycles. The molecule has 0 radical (unpaired) electrons. The van der Waals surface area contributed by atoms with Crippen molar-refractivity contribution in [2.24, 2.45) is 0 Å². The molecule has 0 aliphatic rings. The average Bonchev–Trinajstić information content (AvgIpc) is 2.16. The third-order valence-corrected chi connectivity index (χ3v) is 3.93. The molecule has 0 aliphatic heterocycles. The topological polar surface area (TPSA) is 36.9 Å². The van der Waals surface area contributed by atoms with E-state index < -0.39 is 9.05 Å². The third-order valence-electron chi connectivity index (χ3n) is 1.45. The molecule has 0 aromatic rings. The van der Waals surface area contributed by atoms with Crippen molar-refractivity contribution in [3.63, 3.8) is 0 Å². The molecule has 86 valence electrons. The van der Waals surface area contributed by atoms with E-state index >= 15 is 0 Å². The largest absolute Gasteiger partial charge is 0.679 e. The van der Waals surface area contributed by atoms with Crippen LogP contribution in [0, 0.1) is 0 Å². The van der Waals surface area contributed by atoms with Crippen LogP contribution in [-0.2, 0) is 17.7 Å². The van der Waals surface area contributed by atoms with Crippen LogP contribution in [0.5, 0.6) is 0 Å². The fourth-order valence-electron chi connectivity index (χ4n) is 1.01. The highest BCUT2D eigenvalue weighted by molar-refractivity contribution is 6.53. The summed E-state index contributed by atoms with van der Waals surface area (Å²) in [5.74, 6) is 0. The third kappa shape index (κ3) is 5.07. The van der Waals surface area contributed by atoms with Gasteiger partial charge in [0.15, 0.2) is 0 Å². The second-order valence-electron chi connectivity index (χ2n) is 2.65. The lowest BCUT2D eigenvalue weighted by atomic mass is 10.5. The molecule has 0 amide bonds. The highest BCUT2D eigenvalue weighted by Crippen LogP contribution is 2.12. The summed E-state index contributed by atoms with van der Waals surface area (Å²) < 4.78 is 22.0. The average molecular weight is 222 g/mol. The molecule has 0 spiro atoms. The van der Waals surface area contributed by atoms with Gasteiger partial charge in [-0.25, -0.2) is 0 Å². The lowest BCUT2D eigenvalue weighted by Crippen LogP contribution is -2.49. The van der Waals surface area contributed by atoms with Crippen molar-refractivity contribution in [2.75, 3.05) is 26.4 Å². The molecule has 0 aliphatic carbocycles. The van der Waals surface area contributed by atoms with Gasteiger partial charge >= 0.3 is 9.05 Å².